The molecule has 0 bridgehead atoms. The van der Waals surface area contributed by atoms with Crippen LogP contribution in [0.25, 0.3) is 21.5 Å². The maximum atomic E-state index is 12.6. The van der Waals surface area contributed by atoms with Gasteiger partial charge < -0.3 is 4.57 Å². The lowest BCUT2D eigenvalue weighted by atomic mass is 10.2. The van der Waals surface area contributed by atoms with Gasteiger partial charge in [0.15, 0.2) is 0 Å². The second-order valence-corrected chi connectivity index (χ2v) is 8.97. The highest BCUT2D eigenvalue weighted by atomic mass is 32.2. The van der Waals surface area contributed by atoms with E-state index in [1.54, 1.807) is 48.1 Å². The lowest BCUT2D eigenvalue weighted by molar-refractivity contribution is 0.0977. The van der Waals surface area contributed by atoms with Crippen LogP contribution < -0.4 is 4.72 Å². The van der Waals surface area contributed by atoms with Crippen molar-refractivity contribution in [3.8, 4) is 11.4 Å². The number of hydrogen-bond acceptors (Lipinski definition) is 5. The smallest absolute Gasteiger partial charge is 0.285 e. The average molecular weight is 412 g/mol. The summed E-state index contributed by atoms with van der Waals surface area (Å²) in [5, 5.41) is 3.03. The number of carbonyl (C=O) groups excluding carboxylic acids is 1. The summed E-state index contributed by atoms with van der Waals surface area (Å²) in [4.78, 5) is 17.0. The van der Waals surface area contributed by atoms with Gasteiger partial charge in [0.25, 0.3) is 15.9 Å². The molecule has 1 N–H and O–H groups in total. The Morgan fingerprint density at radius 1 is 1.11 bits per heavy atom. The average Bonchev–Trinajstić information content (AvgIpc) is 3.25. The molecule has 0 radical (unpaired) electrons. The van der Waals surface area contributed by atoms with Gasteiger partial charge in [0.05, 0.1) is 4.90 Å². The summed E-state index contributed by atoms with van der Waals surface area (Å²) in [5.41, 5.74) is 1.52. The predicted octanol–water partition coefficient (Wildman–Crippen LogP) is 3.73. The number of nitrogens with one attached hydrogen (secondary N) is 1. The lowest BCUT2D eigenvalue weighted by Gasteiger charge is -2.07. The van der Waals surface area contributed by atoms with Gasteiger partial charge >= 0.3 is 0 Å². The van der Waals surface area contributed by atoms with Crippen LogP contribution in [0.15, 0.2) is 65.0 Å². The number of thiophene rings is 1. The Morgan fingerprint density at radius 2 is 1.82 bits per heavy atom. The Bertz CT molecular complexity index is 1300. The normalized spacial score (nSPS) is 11.6. The van der Waals surface area contributed by atoms with Crippen LogP contribution >= 0.6 is 11.3 Å². The van der Waals surface area contributed by atoms with Crippen molar-refractivity contribution in [1.29, 1.82) is 0 Å². The minimum absolute atomic E-state index is 0.0462. The fourth-order valence-electron chi connectivity index (χ4n) is 3.06. The van der Waals surface area contributed by atoms with Crippen molar-refractivity contribution >= 4 is 37.4 Å². The Kier molecular flexibility index (Phi) is 4.52. The molecule has 0 saturated carbocycles. The van der Waals surface area contributed by atoms with Crippen molar-refractivity contribution in [3.05, 3.63) is 71.4 Å². The Hall–Kier alpha value is -2.97. The van der Waals surface area contributed by atoms with E-state index < -0.39 is 15.9 Å². The van der Waals surface area contributed by atoms with Crippen LogP contribution in [0.3, 0.4) is 0 Å². The first-order chi connectivity index (χ1) is 13.4. The zero-order chi connectivity index (χ0) is 19.9. The van der Waals surface area contributed by atoms with E-state index in [-0.39, 0.29) is 10.6 Å². The summed E-state index contributed by atoms with van der Waals surface area (Å²) in [7, 11) is -2.20. The fraction of sp³-hybridized carbons (Fsp3) is 0.100. The van der Waals surface area contributed by atoms with E-state index in [9.17, 15) is 13.2 Å². The SMILES string of the molecule is Cc1ccccc1S(=O)(=O)NC(=O)c1cn(C)c(-c2csc3ccccc23)n1. The van der Waals surface area contributed by atoms with Crippen molar-refractivity contribution in [3.63, 3.8) is 0 Å². The largest absolute Gasteiger partial charge is 0.333 e. The number of aryl methyl sites for hydroxylation is 2. The van der Waals surface area contributed by atoms with Gasteiger partial charge in [-0.15, -0.1) is 11.3 Å². The molecule has 0 unspecified atom stereocenters. The van der Waals surface area contributed by atoms with Crippen LogP contribution in [0.5, 0.6) is 0 Å². The van der Waals surface area contributed by atoms with E-state index in [0.29, 0.717) is 11.4 Å². The Morgan fingerprint density at radius 3 is 2.61 bits per heavy atom. The van der Waals surface area contributed by atoms with Gasteiger partial charge in [-0.1, -0.05) is 36.4 Å². The molecule has 2 aromatic heterocycles. The van der Waals surface area contributed by atoms with E-state index in [2.05, 4.69) is 9.71 Å². The summed E-state index contributed by atoms with van der Waals surface area (Å²) in [5.74, 6) is -0.152. The van der Waals surface area contributed by atoms with Crippen LogP contribution in [0.2, 0.25) is 0 Å². The first kappa shape index (κ1) is 18.4. The van der Waals surface area contributed by atoms with Crippen LogP contribution in [0.1, 0.15) is 16.1 Å². The van der Waals surface area contributed by atoms with E-state index in [4.69, 9.17) is 0 Å². The molecule has 2 heterocycles. The van der Waals surface area contributed by atoms with Crippen LogP contribution in [-0.4, -0.2) is 23.9 Å². The number of imidazole rings is 1. The number of rotatable bonds is 4. The zero-order valence-electron chi connectivity index (χ0n) is 15.2. The molecule has 8 heteroatoms. The third kappa shape index (κ3) is 3.21. The molecule has 0 spiro atoms. The summed E-state index contributed by atoms with van der Waals surface area (Å²) in [6.45, 7) is 1.68. The molecule has 4 aromatic rings. The molecule has 0 aliphatic carbocycles. The minimum atomic E-state index is -3.98. The molecule has 28 heavy (non-hydrogen) atoms. The molecule has 142 valence electrons. The van der Waals surface area contributed by atoms with Crippen molar-refractivity contribution in [2.45, 2.75) is 11.8 Å². The second kappa shape index (κ2) is 6.88. The zero-order valence-corrected chi connectivity index (χ0v) is 16.8. The summed E-state index contributed by atoms with van der Waals surface area (Å²) >= 11 is 1.59. The topological polar surface area (TPSA) is 81.1 Å². The molecule has 0 aliphatic heterocycles. The molecule has 0 fully saturated rings. The predicted molar refractivity (Wildman–Crippen MR) is 110 cm³/mol. The molecule has 2 aromatic carbocycles. The molecule has 4 rings (SSSR count). The number of nitrogens with zero attached hydrogens (tertiary/aromatic N) is 2. The first-order valence-electron chi connectivity index (χ1n) is 8.49. The quantitative estimate of drug-likeness (QED) is 0.555. The summed E-state index contributed by atoms with van der Waals surface area (Å²) < 4.78 is 30.1. The number of amides is 1. The van der Waals surface area contributed by atoms with Gasteiger partial charge in [0.2, 0.25) is 0 Å². The highest BCUT2D eigenvalue weighted by molar-refractivity contribution is 7.90. The summed E-state index contributed by atoms with van der Waals surface area (Å²) in [6, 6.07) is 14.4. The molecule has 0 aliphatic rings. The first-order valence-corrected chi connectivity index (χ1v) is 10.9. The third-order valence-corrected chi connectivity index (χ3v) is 6.90. The van der Waals surface area contributed by atoms with Gasteiger partial charge in [0.1, 0.15) is 11.5 Å². The summed E-state index contributed by atoms with van der Waals surface area (Å²) in [6.07, 6.45) is 1.53. The van der Waals surface area contributed by atoms with Crippen LogP contribution in [0.4, 0.5) is 0 Å². The third-order valence-electron chi connectivity index (χ3n) is 4.44. The fourth-order valence-corrected chi connectivity index (χ4v) is 5.21. The highest BCUT2D eigenvalue weighted by Crippen LogP contribution is 2.33. The van der Waals surface area contributed by atoms with E-state index in [1.165, 1.54) is 12.3 Å². The maximum absolute atomic E-state index is 12.6. The molecular weight excluding hydrogens is 394 g/mol. The van der Waals surface area contributed by atoms with E-state index in [0.717, 1.165) is 15.6 Å². The van der Waals surface area contributed by atoms with Gasteiger partial charge in [-0.2, -0.15) is 0 Å². The minimum Gasteiger partial charge on any atom is -0.333 e. The highest BCUT2D eigenvalue weighted by Gasteiger charge is 2.23. The molecule has 0 saturated heterocycles. The lowest BCUT2D eigenvalue weighted by Crippen LogP contribution is -2.31. The number of benzene rings is 2. The Labute approximate surface area is 166 Å². The standard InChI is InChI=1S/C20H17N3O3S2/c1-13-7-3-6-10-18(13)28(25,26)22-20(24)16-11-23(2)19(21-16)15-12-27-17-9-5-4-8-14(15)17/h3-12H,1-2H3,(H,22,24). The van der Waals surface area contributed by atoms with Gasteiger partial charge in [0, 0.05) is 34.3 Å². The Balaban J connectivity index is 1.67. The molecular formula is C20H17N3O3S2. The monoisotopic (exact) mass is 411 g/mol. The van der Waals surface area contributed by atoms with E-state index >= 15 is 0 Å². The van der Waals surface area contributed by atoms with Crippen LogP contribution in [0, 0.1) is 6.92 Å². The molecule has 6 nitrogen and oxygen atoms in total. The second-order valence-electron chi connectivity index (χ2n) is 6.41. The van der Waals surface area contributed by atoms with Gasteiger partial charge in [-0.25, -0.2) is 18.1 Å². The number of fused-ring (bicyclic) bond motifs is 1. The van der Waals surface area contributed by atoms with Gasteiger partial charge in [-0.3, -0.25) is 4.79 Å². The van der Waals surface area contributed by atoms with Crippen molar-refractivity contribution < 1.29 is 13.2 Å². The molecule has 1 amide bonds. The number of hydrogen-bond donors (Lipinski definition) is 1. The number of sulfonamides is 1. The van der Waals surface area contributed by atoms with Crippen molar-refractivity contribution in [1.82, 2.24) is 14.3 Å². The number of aromatic nitrogens is 2. The van der Waals surface area contributed by atoms with Crippen molar-refractivity contribution in [2.75, 3.05) is 0 Å². The van der Waals surface area contributed by atoms with Crippen LogP contribution in [-0.2, 0) is 17.1 Å². The maximum Gasteiger partial charge on any atom is 0.285 e. The van der Waals surface area contributed by atoms with E-state index in [1.807, 2.05) is 29.6 Å². The van der Waals surface area contributed by atoms with Crippen molar-refractivity contribution in [2.24, 2.45) is 7.05 Å². The molecule has 0 atom stereocenters. The van der Waals surface area contributed by atoms with Gasteiger partial charge in [-0.05, 0) is 24.6 Å². The number of carbonyl (C=O) groups is 1.